The van der Waals surface area contributed by atoms with Crippen molar-refractivity contribution in [1.29, 1.82) is 0 Å². The first-order valence-electron chi connectivity index (χ1n) is 8.10. The van der Waals surface area contributed by atoms with Gasteiger partial charge in [-0.15, -0.1) is 0 Å². The van der Waals surface area contributed by atoms with Crippen molar-refractivity contribution in [3.05, 3.63) is 41.5 Å². The van der Waals surface area contributed by atoms with Crippen LogP contribution in [0.4, 0.5) is 5.69 Å². The van der Waals surface area contributed by atoms with E-state index in [9.17, 15) is 9.59 Å². The lowest BCUT2D eigenvalue weighted by Gasteiger charge is -2.24. The summed E-state index contributed by atoms with van der Waals surface area (Å²) in [5.41, 5.74) is 8.55. The van der Waals surface area contributed by atoms with Crippen molar-refractivity contribution in [2.75, 3.05) is 4.90 Å². The number of hydrogen-bond acceptors (Lipinski definition) is 2. The molecule has 2 aliphatic rings. The molecule has 2 amide bonds. The highest BCUT2D eigenvalue weighted by molar-refractivity contribution is 6.05. The Morgan fingerprint density at radius 2 is 1.91 bits per heavy atom. The van der Waals surface area contributed by atoms with E-state index in [1.54, 1.807) is 4.90 Å². The lowest BCUT2D eigenvalue weighted by Crippen LogP contribution is -2.47. The van der Waals surface area contributed by atoms with E-state index in [1.807, 2.05) is 38.1 Å². The average Bonchev–Trinajstić information content (AvgIpc) is 2.83. The highest BCUT2D eigenvalue weighted by atomic mass is 16.2. The summed E-state index contributed by atoms with van der Waals surface area (Å²) in [7, 11) is 0. The molecule has 0 saturated heterocycles. The van der Waals surface area contributed by atoms with Crippen LogP contribution < -0.4 is 10.6 Å². The normalized spacial score (nSPS) is 27.3. The second-order valence-electron chi connectivity index (χ2n) is 7.53. The zero-order valence-electron chi connectivity index (χ0n) is 14.2. The van der Waals surface area contributed by atoms with E-state index in [4.69, 9.17) is 5.73 Å². The predicted octanol–water partition coefficient (Wildman–Crippen LogP) is 2.67. The van der Waals surface area contributed by atoms with E-state index in [0.29, 0.717) is 6.42 Å². The van der Waals surface area contributed by atoms with Crippen molar-refractivity contribution in [3.63, 3.8) is 0 Å². The third-order valence-electron chi connectivity index (χ3n) is 5.23. The minimum absolute atomic E-state index is 0.0197. The summed E-state index contributed by atoms with van der Waals surface area (Å²) in [5, 5.41) is 0. The molecule has 0 aromatic heterocycles. The second-order valence-corrected chi connectivity index (χ2v) is 7.53. The zero-order valence-corrected chi connectivity index (χ0v) is 14.2. The van der Waals surface area contributed by atoms with Gasteiger partial charge in [0.2, 0.25) is 11.8 Å². The number of allylic oxidation sites excluding steroid dienone is 2. The van der Waals surface area contributed by atoms with Gasteiger partial charge in [0.25, 0.3) is 0 Å². The summed E-state index contributed by atoms with van der Waals surface area (Å²) < 4.78 is 0. The molecule has 1 saturated carbocycles. The van der Waals surface area contributed by atoms with E-state index in [0.717, 1.165) is 11.3 Å². The molecule has 23 heavy (non-hydrogen) atoms. The van der Waals surface area contributed by atoms with Crippen LogP contribution in [-0.4, -0.2) is 17.9 Å². The fourth-order valence-electron chi connectivity index (χ4n) is 3.86. The molecule has 1 aliphatic carbocycles. The van der Waals surface area contributed by atoms with E-state index in [1.165, 1.54) is 5.57 Å². The quantitative estimate of drug-likeness (QED) is 0.872. The Bertz CT molecular complexity index is 701. The molecule has 1 aromatic rings. The number of primary amides is 1. The summed E-state index contributed by atoms with van der Waals surface area (Å²) in [6.07, 6.45) is 2.68. The number of amides is 2. The average molecular weight is 312 g/mol. The highest BCUT2D eigenvalue weighted by Gasteiger charge is 2.62. The van der Waals surface area contributed by atoms with Crippen LogP contribution in [-0.2, 0) is 16.0 Å². The Kier molecular flexibility index (Phi) is 3.58. The Morgan fingerprint density at radius 3 is 2.52 bits per heavy atom. The number of rotatable bonds is 3. The van der Waals surface area contributed by atoms with Crippen LogP contribution in [0.1, 0.15) is 33.3 Å². The van der Waals surface area contributed by atoms with Crippen molar-refractivity contribution in [2.45, 2.75) is 40.2 Å². The van der Waals surface area contributed by atoms with Crippen LogP contribution in [0.5, 0.6) is 0 Å². The summed E-state index contributed by atoms with van der Waals surface area (Å²) in [6, 6.07) is 7.13. The first-order valence-corrected chi connectivity index (χ1v) is 8.10. The van der Waals surface area contributed by atoms with Gasteiger partial charge in [-0.25, -0.2) is 0 Å². The number of fused-ring (bicyclic) bond motifs is 1. The van der Waals surface area contributed by atoms with Gasteiger partial charge in [0.15, 0.2) is 0 Å². The summed E-state index contributed by atoms with van der Waals surface area (Å²) in [5.74, 6) is -0.287. The number of hydrogen-bond donors (Lipinski definition) is 1. The van der Waals surface area contributed by atoms with Gasteiger partial charge < -0.3 is 5.73 Å². The molecule has 0 radical (unpaired) electrons. The smallest absolute Gasteiger partial charge is 0.240 e. The molecule has 0 spiro atoms. The molecule has 1 heterocycles. The van der Waals surface area contributed by atoms with Gasteiger partial charge in [-0.05, 0) is 36.8 Å². The molecular formula is C19H24N2O2. The van der Waals surface area contributed by atoms with Crippen LogP contribution in [0.3, 0.4) is 0 Å². The van der Waals surface area contributed by atoms with E-state index in [2.05, 4.69) is 19.9 Å². The molecule has 4 nitrogen and oxygen atoms in total. The molecule has 0 unspecified atom stereocenters. The molecule has 3 rings (SSSR count). The van der Waals surface area contributed by atoms with Crippen LogP contribution in [0.2, 0.25) is 0 Å². The molecule has 4 heteroatoms. The van der Waals surface area contributed by atoms with Crippen molar-refractivity contribution in [3.8, 4) is 0 Å². The number of anilines is 1. The number of nitrogens with two attached hydrogens (primary N) is 1. The van der Waals surface area contributed by atoms with Gasteiger partial charge in [-0.1, -0.05) is 43.7 Å². The van der Waals surface area contributed by atoms with Gasteiger partial charge in [0.1, 0.15) is 6.04 Å². The van der Waals surface area contributed by atoms with Crippen LogP contribution >= 0.6 is 0 Å². The molecule has 122 valence electrons. The predicted molar refractivity (Wildman–Crippen MR) is 90.8 cm³/mol. The van der Waals surface area contributed by atoms with Crippen molar-refractivity contribution < 1.29 is 9.59 Å². The molecule has 1 aromatic carbocycles. The third kappa shape index (κ3) is 2.46. The van der Waals surface area contributed by atoms with E-state index in [-0.39, 0.29) is 23.2 Å². The van der Waals surface area contributed by atoms with Gasteiger partial charge in [-0.2, -0.15) is 0 Å². The van der Waals surface area contributed by atoms with Crippen LogP contribution in [0.25, 0.3) is 0 Å². The molecule has 1 aliphatic heterocycles. The van der Waals surface area contributed by atoms with Crippen LogP contribution in [0, 0.1) is 17.3 Å². The fraction of sp³-hybridized carbons (Fsp3) is 0.474. The highest BCUT2D eigenvalue weighted by Crippen LogP contribution is 2.60. The number of carbonyl (C=O) groups is 2. The van der Waals surface area contributed by atoms with E-state index >= 15 is 0 Å². The first kappa shape index (κ1) is 15.8. The minimum Gasteiger partial charge on any atom is -0.368 e. The van der Waals surface area contributed by atoms with Gasteiger partial charge in [-0.3, -0.25) is 14.5 Å². The first-order chi connectivity index (χ1) is 10.7. The van der Waals surface area contributed by atoms with Crippen molar-refractivity contribution in [2.24, 2.45) is 23.0 Å². The number of para-hydroxylation sites is 1. The third-order valence-corrected chi connectivity index (χ3v) is 5.23. The molecule has 2 N–H and O–H groups in total. The summed E-state index contributed by atoms with van der Waals surface area (Å²) in [4.78, 5) is 26.7. The Balaban J connectivity index is 1.95. The largest absolute Gasteiger partial charge is 0.368 e. The lowest BCUT2D eigenvalue weighted by atomic mass is 10.1. The van der Waals surface area contributed by atoms with Crippen LogP contribution in [0.15, 0.2) is 35.9 Å². The SMILES string of the molecule is CC(C)=C[C@H]1[C@H](C(=O)N2c3ccccc3C[C@H]2C(N)=O)C1(C)C. The molecular weight excluding hydrogens is 288 g/mol. The fourth-order valence-corrected chi connectivity index (χ4v) is 3.86. The standard InChI is InChI=1S/C19H24N2O2/c1-11(2)9-13-16(19(13,3)4)18(23)21-14-8-6-5-7-12(14)10-15(21)17(20)22/h5-9,13,15-16H,10H2,1-4H3,(H2,20,22)/t13-,15-,16+/m0/s1. The maximum Gasteiger partial charge on any atom is 0.240 e. The summed E-state index contributed by atoms with van der Waals surface area (Å²) in [6.45, 7) is 8.32. The number of nitrogens with zero attached hydrogens (tertiary/aromatic N) is 1. The Hall–Kier alpha value is -2.10. The van der Waals surface area contributed by atoms with E-state index < -0.39 is 11.9 Å². The minimum atomic E-state index is -0.566. The van der Waals surface area contributed by atoms with Crippen molar-refractivity contribution in [1.82, 2.24) is 0 Å². The molecule has 3 atom stereocenters. The molecule has 1 fully saturated rings. The number of carbonyl (C=O) groups excluding carboxylic acids is 2. The Morgan fingerprint density at radius 1 is 1.26 bits per heavy atom. The molecule has 0 bridgehead atoms. The van der Waals surface area contributed by atoms with Gasteiger partial charge in [0.05, 0.1) is 5.92 Å². The van der Waals surface area contributed by atoms with Gasteiger partial charge in [0, 0.05) is 12.1 Å². The van der Waals surface area contributed by atoms with Gasteiger partial charge >= 0.3 is 0 Å². The maximum atomic E-state index is 13.2. The van der Waals surface area contributed by atoms with Crippen molar-refractivity contribution >= 4 is 17.5 Å². The maximum absolute atomic E-state index is 13.2. The second kappa shape index (κ2) is 5.22. The monoisotopic (exact) mass is 312 g/mol. The number of benzene rings is 1. The summed E-state index contributed by atoms with van der Waals surface area (Å²) >= 11 is 0. The lowest BCUT2D eigenvalue weighted by molar-refractivity contribution is -0.125. The zero-order chi connectivity index (χ0) is 16.9. The Labute approximate surface area is 137 Å². The topological polar surface area (TPSA) is 63.4 Å².